The molecule has 0 fully saturated rings. The van der Waals surface area contributed by atoms with Gasteiger partial charge in [-0.05, 0) is 32.0 Å². The minimum absolute atomic E-state index is 0.257. The summed E-state index contributed by atoms with van der Waals surface area (Å²) in [6.45, 7) is 1.28. The van der Waals surface area contributed by atoms with Crippen LogP contribution in [0, 0.1) is 0 Å². The molecule has 4 nitrogen and oxygen atoms in total. The second kappa shape index (κ2) is 9.38. The standard InChI is InChI=1S/C13H17Cl2O4PS2/c1-4-17-20(21,18-5-2)19-13(9-22(3)16)11-7-6-10(14)8-12(11)15/h6-9H,4-5H2,1-3H3. The summed E-state index contributed by atoms with van der Waals surface area (Å²) < 4.78 is 28.2. The van der Waals surface area contributed by atoms with E-state index in [9.17, 15) is 4.21 Å². The highest BCUT2D eigenvalue weighted by Crippen LogP contribution is 2.53. The number of halogens is 2. The number of hydrogen-bond donors (Lipinski definition) is 0. The normalized spacial score (nSPS) is 14.0. The van der Waals surface area contributed by atoms with E-state index in [4.69, 9.17) is 48.6 Å². The lowest BCUT2D eigenvalue weighted by atomic mass is 10.2. The third-order valence-corrected chi connectivity index (χ3v) is 5.77. The summed E-state index contributed by atoms with van der Waals surface area (Å²) in [5.41, 5.74) is 0.523. The van der Waals surface area contributed by atoms with Crippen LogP contribution in [0.25, 0.3) is 5.76 Å². The average Bonchev–Trinajstić information content (AvgIpc) is 2.37. The molecule has 0 heterocycles. The SMILES string of the molecule is CCOP(=S)(OCC)OC(=CS(C)=O)c1ccc(Cl)cc1Cl. The Bertz CT molecular complexity index is 612. The fourth-order valence-electron chi connectivity index (χ4n) is 1.50. The predicted molar refractivity (Wildman–Crippen MR) is 97.1 cm³/mol. The zero-order valence-corrected chi connectivity index (χ0v) is 16.4. The molecule has 0 aliphatic rings. The first kappa shape index (κ1) is 20.1. The molecule has 0 saturated heterocycles. The minimum atomic E-state index is -2.99. The molecule has 1 aromatic carbocycles. The molecular formula is C13H17Cl2O4PS2. The third-order valence-electron chi connectivity index (χ3n) is 2.25. The number of hydrogen-bond acceptors (Lipinski definition) is 5. The Morgan fingerprint density at radius 3 is 2.36 bits per heavy atom. The maximum Gasteiger partial charge on any atom is 0.380 e. The van der Waals surface area contributed by atoms with Crippen molar-refractivity contribution >= 4 is 58.3 Å². The Hall–Kier alpha value is 0.0600. The highest BCUT2D eigenvalue weighted by molar-refractivity contribution is 8.07. The van der Waals surface area contributed by atoms with Crippen molar-refractivity contribution in [1.29, 1.82) is 0 Å². The average molecular weight is 403 g/mol. The van der Waals surface area contributed by atoms with Crippen molar-refractivity contribution in [2.45, 2.75) is 13.8 Å². The summed E-state index contributed by atoms with van der Waals surface area (Å²) in [6, 6.07) is 4.89. The van der Waals surface area contributed by atoms with Gasteiger partial charge in [-0.2, -0.15) is 0 Å². The van der Waals surface area contributed by atoms with Crippen molar-refractivity contribution in [3.8, 4) is 0 Å². The molecule has 0 amide bonds. The smallest absolute Gasteiger partial charge is 0.380 e. The maximum absolute atomic E-state index is 11.6. The van der Waals surface area contributed by atoms with Crippen LogP contribution in [0.4, 0.5) is 0 Å². The van der Waals surface area contributed by atoms with Crippen LogP contribution in [0.15, 0.2) is 23.6 Å². The van der Waals surface area contributed by atoms with Crippen LogP contribution in [0.5, 0.6) is 0 Å². The summed E-state index contributed by atoms with van der Waals surface area (Å²) >= 11 is 17.4. The fourth-order valence-corrected chi connectivity index (χ4v) is 4.63. The molecule has 0 spiro atoms. The van der Waals surface area contributed by atoms with Crippen LogP contribution in [0.3, 0.4) is 0 Å². The van der Waals surface area contributed by atoms with Crippen LogP contribution < -0.4 is 0 Å². The van der Waals surface area contributed by atoms with E-state index in [0.29, 0.717) is 28.8 Å². The Morgan fingerprint density at radius 2 is 1.91 bits per heavy atom. The summed E-state index contributed by atoms with van der Waals surface area (Å²) in [5, 5.41) is 2.26. The van der Waals surface area contributed by atoms with Gasteiger partial charge in [-0.1, -0.05) is 23.2 Å². The van der Waals surface area contributed by atoms with Gasteiger partial charge in [-0.25, -0.2) is 0 Å². The minimum Gasteiger partial charge on any atom is -0.423 e. The first-order valence-corrected chi connectivity index (χ1v) is 11.3. The zero-order chi connectivity index (χ0) is 16.8. The van der Waals surface area contributed by atoms with Crippen molar-refractivity contribution in [3.63, 3.8) is 0 Å². The molecule has 1 unspecified atom stereocenters. The van der Waals surface area contributed by atoms with Gasteiger partial charge in [-0.15, -0.1) is 0 Å². The lowest BCUT2D eigenvalue weighted by Gasteiger charge is -2.23. The van der Waals surface area contributed by atoms with E-state index in [1.807, 2.05) is 0 Å². The summed E-state index contributed by atoms with van der Waals surface area (Å²) in [7, 11) is -1.27. The van der Waals surface area contributed by atoms with Crippen LogP contribution >= 0.6 is 29.9 Å². The lowest BCUT2D eigenvalue weighted by molar-refractivity contribution is 0.210. The van der Waals surface area contributed by atoms with E-state index in [-0.39, 0.29) is 5.76 Å². The van der Waals surface area contributed by atoms with E-state index < -0.39 is 17.5 Å². The molecule has 9 heteroatoms. The molecule has 0 N–H and O–H groups in total. The van der Waals surface area contributed by atoms with Crippen molar-refractivity contribution in [2.75, 3.05) is 19.5 Å². The summed E-state index contributed by atoms with van der Waals surface area (Å²) in [5.74, 6) is 0.257. The molecule has 0 saturated carbocycles. The van der Waals surface area contributed by atoms with Gasteiger partial charge in [0.05, 0.1) is 18.2 Å². The Kier molecular flexibility index (Phi) is 8.57. The van der Waals surface area contributed by atoms with Crippen molar-refractivity contribution < 1.29 is 17.8 Å². The highest BCUT2D eigenvalue weighted by atomic mass is 35.5. The van der Waals surface area contributed by atoms with E-state index in [1.54, 1.807) is 32.0 Å². The molecular weight excluding hydrogens is 386 g/mol. The molecule has 1 rings (SSSR count). The maximum atomic E-state index is 11.6. The van der Waals surface area contributed by atoms with Gasteiger partial charge >= 0.3 is 6.72 Å². The summed E-state index contributed by atoms with van der Waals surface area (Å²) in [6.07, 6.45) is 1.51. The van der Waals surface area contributed by atoms with Crippen molar-refractivity contribution in [3.05, 3.63) is 39.2 Å². The van der Waals surface area contributed by atoms with Crippen LogP contribution in [0.2, 0.25) is 10.0 Å². The van der Waals surface area contributed by atoms with Gasteiger partial charge in [0.1, 0.15) is 5.76 Å². The number of rotatable bonds is 8. The van der Waals surface area contributed by atoms with Gasteiger partial charge in [0.2, 0.25) is 0 Å². The molecule has 0 bridgehead atoms. The molecule has 0 aromatic heterocycles. The van der Waals surface area contributed by atoms with Crippen molar-refractivity contribution in [1.82, 2.24) is 0 Å². The molecule has 1 atom stereocenters. The molecule has 124 valence electrons. The first-order valence-electron chi connectivity index (χ1n) is 6.39. The van der Waals surface area contributed by atoms with Crippen molar-refractivity contribution in [2.24, 2.45) is 0 Å². The lowest BCUT2D eigenvalue weighted by Crippen LogP contribution is -2.01. The Balaban J connectivity index is 3.24. The van der Waals surface area contributed by atoms with Gasteiger partial charge in [0.25, 0.3) is 0 Å². The molecule has 1 aromatic rings. The predicted octanol–water partition coefficient (Wildman–Crippen LogP) is 4.98. The first-order chi connectivity index (χ1) is 10.3. The van der Waals surface area contributed by atoms with E-state index >= 15 is 0 Å². The Morgan fingerprint density at radius 1 is 1.32 bits per heavy atom. The van der Waals surface area contributed by atoms with E-state index in [1.165, 1.54) is 11.7 Å². The van der Waals surface area contributed by atoms with Gasteiger partial charge in [-0.3, -0.25) is 13.3 Å². The molecule has 0 aliphatic carbocycles. The van der Waals surface area contributed by atoms with E-state index in [0.717, 1.165) is 0 Å². The molecule has 0 aliphatic heterocycles. The molecule has 22 heavy (non-hydrogen) atoms. The number of benzene rings is 1. The summed E-state index contributed by atoms with van der Waals surface area (Å²) in [4.78, 5) is 0. The van der Waals surface area contributed by atoms with Crippen LogP contribution in [0.1, 0.15) is 19.4 Å². The largest absolute Gasteiger partial charge is 0.423 e. The third kappa shape index (κ3) is 6.28. The van der Waals surface area contributed by atoms with Crippen LogP contribution in [-0.4, -0.2) is 23.7 Å². The second-order valence-corrected chi connectivity index (χ2v) is 8.99. The van der Waals surface area contributed by atoms with Gasteiger partial charge in [0.15, 0.2) is 0 Å². The fraction of sp³-hybridized carbons (Fsp3) is 0.385. The highest BCUT2D eigenvalue weighted by Gasteiger charge is 2.24. The second-order valence-electron chi connectivity index (χ2n) is 3.98. The van der Waals surface area contributed by atoms with Gasteiger partial charge < -0.3 is 4.52 Å². The quantitative estimate of drug-likeness (QED) is 0.452. The van der Waals surface area contributed by atoms with Crippen LogP contribution in [-0.2, 0) is 36.2 Å². The monoisotopic (exact) mass is 402 g/mol. The van der Waals surface area contributed by atoms with Gasteiger partial charge in [0, 0.05) is 44.9 Å². The molecule has 0 radical (unpaired) electrons. The topological polar surface area (TPSA) is 44.8 Å². The zero-order valence-electron chi connectivity index (χ0n) is 12.4. The Labute approximate surface area is 148 Å². The van der Waals surface area contributed by atoms with E-state index in [2.05, 4.69) is 0 Å².